The van der Waals surface area contributed by atoms with Crippen molar-refractivity contribution in [3.8, 4) is 0 Å². The topological polar surface area (TPSA) is 0 Å². The zero-order valence-corrected chi connectivity index (χ0v) is 7.81. The quantitative estimate of drug-likeness (QED) is 0.584. The van der Waals surface area contributed by atoms with Crippen LogP contribution in [0, 0.1) is 0 Å². The molecule has 0 saturated carbocycles. The minimum absolute atomic E-state index is 0.825. The first-order valence-corrected chi connectivity index (χ1v) is 5.70. The fraction of sp³-hybridized carbons (Fsp3) is 0.455. The van der Waals surface area contributed by atoms with Gasteiger partial charge in [-0.15, -0.1) is 0 Å². The van der Waals surface area contributed by atoms with Crippen molar-refractivity contribution in [2.75, 3.05) is 5.75 Å². The normalized spacial score (nSPS) is 31.7. The molecule has 1 heteroatoms. The molecule has 1 aliphatic carbocycles. The van der Waals surface area contributed by atoms with E-state index in [1.165, 1.54) is 18.6 Å². The van der Waals surface area contributed by atoms with Crippen LogP contribution in [0.15, 0.2) is 24.3 Å². The Morgan fingerprint density at radius 1 is 1.08 bits per heavy atom. The molecule has 1 fully saturated rings. The van der Waals surface area contributed by atoms with Crippen molar-refractivity contribution < 1.29 is 0 Å². The summed E-state index contributed by atoms with van der Waals surface area (Å²) in [4.78, 5) is 0. The SMILES string of the molecule is c1ccc2c(c1)C1CC[C@@H]2SC1. The van der Waals surface area contributed by atoms with Crippen LogP contribution in [-0.4, -0.2) is 5.75 Å². The lowest BCUT2D eigenvalue weighted by atomic mass is 9.83. The minimum atomic E-state index is 0.825. The molecule has 0 spiro atoms. The first-order chi connectivity index (χ1) is 5.95. The molecule has 1 aromatic rings. The van der Waals surface area contributed by atoms with Gasteiger partial charge in [0.2, 0.25) is 0 Å². The average Bonchev–Trinajstić information content (AvgIpc) is 2.20. The van der Waals surface area contributed by atoms with Crippen LogP contribution in [0.1, 0.15) is 35.1 Å². The Hall–Kier alpha value is -0.430. The van der Waals surface area contributed by atoms with Crippen LogP contribution in [0.5, 0.6) is 0 Å². The highest BCUT2D eigenvalue weighted by Crippen LogP contribution is 2.51. The Morgan fingerprint density at radius 2 is 1.92 bits per heavy atom. The van der Waals surface area contributed by atoms with E-state index in [4.69, 9.17) is 0 Å². The predicted octanol–water partition coefficient (Wildman–Crippen LogP) is 3.35. The molecule has 2 aliphatic heterocycles. The molecular formula is C11H12S. The molecule has 0 nitrogen and oxygen atoms in total. The van der Waals surface area contributed by atoms with E-state index in [1.807, 2.05) is 0 Å². The van der Waals surface area contributed by atoms with Crippen LogP contribution in [0.3, 0.4) is 0 Å². The van der Waals surface area contributed by atoms with Crippen LogP contribution in [0.4, 0.5) is 0 Å². The van der Waals surface area contributed by atoms with Gasteiger partial charge in [-0.1, -0.05) is 24.3 Å². The Kier molecular flexibility index (Phi) is 1.48. The van der Waals surface area contributed by atoms with E-state index < -0.39 is 0 Å². The smallest absolute Gasteiger partial charge is 0.0300 e. The van der Waals surface area contributed by atoms with Crippen molar-refractivity contribution in [2.45, 2.75) is 24.0 Å². The lowest BCUT2D eigenvalue weighted by Crippen LogP contribution is -2.20. The van der Waals surface area contributed by atoms with Crippen molar-refractivity contribution in [2.24, 2.45) is 0 Å². The number of fused-ring (bicyclic) bond motifs is 2. The summed E-state index contributed by atoms with van der Waals surface area (Å²) >= 11 is 2.16. The molecule has 1 unspecified atom stereocenters. The van der Waals surface area contributed by atoms with Gasteiger partial charge in [0.1, 0.15) is 0 Å². The van der Waals surface area contributed by atoms with E-state index in [-0.39, 0.29) is 0 Å². The summed E-state index contributed by atoms with van der Waals surface area (Å²) in [5.41, 5.74) is 3.28. The molecule has 1 aromatic carbocycles. The molecule has 12 heavy (non-hydrogen) atoms. The molecule has 3 aliphatic rings. The third kappa shape index (κ3) is 0.861. The molecule has 2 heterocycles. The van der Waals surface area contributed by atoms with Crippen molar-refractivity contribution in [3.63, 3.8) is 0 Å². The second-order valence-corrected chi connectivity index (χ2v) is 4.96. The standard InChI is InChI=1S/C11H12S/c1-2-4-10-9(3-1)8-5-6-11(10)12-7-8/h1-4,8,11H,5-7H2/t8?,11-/m0/s1. The fourth-order valence-corrected chi connectivity index (χ4v) is 3.93. The van der Waals surface area contributed by atoms with E-state index >= 15 is 0 Å². The maximum atomic E-state index is 2.33. The van der Waals surface area contributed by atoms with Crippen molar-refractivity contribution >= 4 is 11.8 Å². The Balaban J connectivity index is 2.19. The van der Waals surface area contributed by atoms with Gasteiger partial charge in [0.25, 0.3) is 0 Å². The fourth-order valence-electron chi connectivity index (χ4n) is 2.42. The van der Waals surface area contributed by atoms with E-state index in [0.29, 0.717) is 0 Å². The molecule has 2 atom stereocenters. The van der Waals surface area contributed by atoms with E-state index in [9.17, 15) is 0 Å². The largest absolute Gasteiger partial charge is 0.153 e. The van der Waals surface area contributed by atoms with Gasteiger partial charge in [-0.05, 0) is 29.9 Å². The van der Waals surface area contributed by atoms with Gasteiger partial charge in [-0.2, -0.15) is 11.8 Å². The summed E-state index contributed by atoms with van der Waals surface area (Å²) in [6.45, 7) is 0. The summed E-state index contributed by atoms with van der Waals surface area (Å²) in [5.74, 6) is 2.23. The lowest BCUT2D eigenvalue weighted by Gasteiger charge is -2.37. The van der Waals surface area contributed by atoms with Crippen molar-refractivity contribution in [1.29, 1.82) is 0 Å². The number of rotatable bonds is 0. The zero-order valence-electron chi connectivity index (χ0n) is 6.99. The van der Waals surface area contributed by atoms with Crippen LogP contribution in [0.25, 0.3) is 0 Å². The second-order valence-electron chi connectivity index (χ2n) is 3.73. The minimum Gasteiger partial charge on any atom is -0.153 e. The van der Waals surface area contributed by atoms with Gasteiger partial charge in [-0.25, -0.2) is 0 Å². The van der Waals surface area contributed by atoms with Crippen LogP contribution >= 0.6 is 11.8 Å². The summed E-state index contributed by atoms with van der Waals surface area (Å²) in [6.07, 6.45) is 2.83. The van der Waals surface area contributed by atoms with E-state index in [2.05, 4.69) is 36.0 Å². The molecule has 0 aromatic heterocycles. The molecule has 0 N–H and O–H groups in total. The Bertz CT molecular complexity index is 267. The Labute approximate surface area is 77.4 Å². The van der Waals surface area contributed by atoms with Gasteiger partial charge in [0, 0.05) is 11.0 Å². The number of benzene rings is 1. The van der Waals surface area contributed by atoms with Crippen molar-refractivity contribution in [3.05, 3.63) is 35.4 Å². The summed E-state index contributed by atoms with van der Waals surface area (Å²) in [6, 6.07) is 9.01. The first-order valence-electron chi connectivity index (χ1n) is 4.65. The number of hydrogen-bond donors (Lipinski definition) is 0. The maximum Gasteiger partial charge on any atom is 0.0300 e. The molecule has 62 valence electrons. The van der Waals surface area contributed by atoms with Crippen LogP contribution in [0.2, 0.25) is 0 Å². The molecule has 2 bridgehead atoms. The highest BCUT2D eigenvalue weighted by molar-refractivity contribution is 7.99. The van der Waals surface area contributed by atoms with E-state index in [1.54, 1.807) is 11.1 Å². The molecule has 1 saturated heterocycles. The highest BCUT2D eigenvalue weighted by Gasteiger charge is 2.32. The highest BCUT2D eigenvalue weighted by atomic mass is 32.2. The van der Waals surface area contributed by atoms with Crippen molar-refractivity contribution in [1.82, 2.24) is 0 Å². The third-order valence-electron chi connectivity index (χ3n) is 3.06. The summed E-state index contributed by atoms with van der Waals surface area (Å²) in [5, 5.41) is 0.825. The maximum absolute atomic E-state index is 2.33. The third-order valence-corrected chi connectivity index (χ3v) is 4.55. The predicted molar refractivity (Wildman–Crippen MR) is 53.6 cm³/mol. The summed E-state index contributed by atoms with van der Waals surface area (Å²) < 4.78 is 0. The average molecular weight is 176 g/mol. The zero-order chi connectivity index (χ0) is 7.97. The second kappa shape index (κ2) is 2.53. The number of thioether (sulfide) groups is 1. The van der Waals surface area contributed by atoms with Gasteiger partial charge >= 0.3 is 0 Å². The van der Waals surface area contributed by atoms with Gasteiger partial charge < -0.3 is 0 Å². The first kappa shape index (κ1) is 7.02. The molecule has 0 amide bonds. The monoisotopic (exact) mass is 176 g/mol. The van der Waals surface area contributed by atoms with E-state index in [0.717, 1.165) is 11.2 Å². The molecule has 4 rings (SSSR count). The van der Waals surface area contributed by atoms with Crippen LogP contribution in [-0.2, 0) is 0 Å². The number of hydrogen-bond acceptors (Lipinski definition) is 1. The summed E-state index contributed by atoms with van der Waals surface area (Å²) in [7, 11) is 0. The molecule has 0 radical (unpaired) electrons. The Morgan fingerprint density at radius 3 is 2.58 bits per heavy atom. The lowest BCUT2D eigenvalue weighted by molar-refractivity contribution is 0.565. The van der Waals surface area contributed by atoms with Gasteiger partial charge in [-0.3, -0.25) is 0 Å². The van der Waals surface area contributed by atoms with Gasteiger partial charge in [0.15, 0.2) is 0 Å². The molecular weight excluding hydrogens is 164 g/mol. The van der Waals surface area contributed by atoms with Crippen LogP contribution < -0.4 is 0 Å². The van der Waals surface area contributed by atoms with Gasteiger partial charge in [0.05, 0.1) is 0 Å².